The van der Waals surface area contributed by atoms with E-state index in [1.54, 1.807) is 24.3 Å². The minimum absolute atomic E-state index is 0.170. The maximum Gasteiger partial charge on any atom is 0.337 e. The highest BCUT2D eigenvalue weighted by Crippen LogP contribution is 2.25. The summed E-state index contributed by atoms with van der Waals surface area (Å²) in [6.45, 7) is 4.36. The lowest BCUT2D eigenvalue weighted by atomic mass is 10.1. The highest BCUT2D eigenvalue weighted by atomic mass is 16.5. The molecule has 1 aliphatic rings. The fraction of sp³-hybridized carbons (Fsp3) is 0.263. The first-order valence-electron chi connectivity index (χ1n) is 8.12. The number of aromatic carboxylic acids is 1. The summed E-state index contributed by atoms with van der Waals surface area (Å²) in [5.41, 5.74) is 2.80. The fourth-order valence-corrected chi connectivity index (χ4v) is 2.85. The smallest absolute Gasteiger partial charge is 0.337 e. The van der Waals surface area contributed by atoms with Crippen molar-refractivity contribution in [3.63, 3.8) is 0 Å². The standard InChI is InChI=1S/C19H20N2O4/c1-13-3-2-4-14(11-13)18(22)20-15-5-6-17(16(12-15)19(23)24)21-7-9-25-10-8-21/h2-6,11-12H,7-10H2,1H3,(H,20,22)(H,23,24). The summed E-state index contributed by atoms with van der Waals surface area (Å²) in [6, 6.07) is 12.2. The van der Waals surface area contributed by atoms with Crippen molar-refractivity contribution in [2.75, 3.05) is 36.5 Å². The van der Waals surface area contributed by atoms with E-state index in [1.807, 2.05) is 24.0 Å². The Hall–Kier alpha value is -2.86. The van der Waals surface area contributed by atoms with Crippen molar-refractivity contribution in [3.8, 4) is 0 Å². The van der Waals surface area contributed by atoms with Gasteiger partial charge in [-0.2, -0.15) is 0 Å². The van der Waals surface area contributed by atoms with Gasteiger partial charge in [0.1, 0.15) is 0 Å². The van der Waals surface area contributed by atoms with Gasteiger partial charge in [-0.25, -0.2) is 4.79 Å². The number of rotatable bonds is 4. The summed E-state index contributed by atoms with van der Waals surface area (Å²) in [7, 11) is 0. The Bertz CT molecular complexity index is 798. The number of benzene rings is 2. The Morgan fingerprint density at radius 2 is 1.88 bits per heavy atom. The molecular weight excluding hydrogens is 320 g/mol. The number of carboxylic acids is 1. The summed E-state index contributed by atoms with van der Waals surface area (Å²) in [6.07, 6.45) is 0. The van der Waals surface area contributed by atoms with Crippen LogP contribution in [0.25, 0.3) is 0 Å². The van der Waals surface area contributed by atoms with Crippen LogP contribution in [0, 0.1) is 6.92 Å². The molecule has 0 unspecified atom stereocenters. The molecule has 1 amide bonds. The summed E-state index contributed by atoms with van der Waals surface area (Å²) in [5.74, 6) is -1.28. The third-order valence-corrected chi connectivity index (χ3v) is 4.12. The van der Waals surface area contributed by atoms with Gasteiger partial charge in [0.25, 0.3) is 5.91 Å². The average molecular weight is 340 g/mol. The van der Waals surface area contributed by atoms with Crippen molar-refractivity contribution >= 4 is 23.3 Å². The molecule has 6 heteroatoms. The van der Waals surface area contributed by atoms with Gasteiger partial charge in [0, 0.05) is 24.3 Å². The minimum Gasteiger partial charge on any atom is -0.478 e. The molecule has 2 N–H and O–H groups in total. The zero-order chi connectivity index (χ0) is 17.8. The second-order valence-corrected chi connectivity index (χ2v) is 5.96. The van der Waals surface area contributed by atoms with Crippen LogP contribution >= 0.6 is 0 Å². The van der Waals surface area contributed by atoms with Crippen LogP contribution < -0.4 is 10.2 Å². The maximum atomic E-state index is 12.3. The van der Waals surface area contributed by atoms with Crippen molar-refractivity contribution in [3.05, 3.63) is 59.2 Å². The van der Waals surface area contributed by atoms with E-state index < -0.39 is 5.97 Å². The van der Waals surface area contributed by atoms with Gasteiger partial charge >= 0.3 is 5.97 Å². The summed E-state index contributed by atoms with van der Waals surface area (Å²) in [4.78, 5) is 26.0. The highest BCUT2D eigenvalue weighted by Gasteiger charge is 2.19. The molecule has 25 heavy (non-hydrogen) atoms. The molecule has 2 aromatic carbocycles. The highest BCUT2D eigenvalue weighted by molar-refractivity contribution is 6.05. The third kappa shape index (κ3) is 3.97. The molecule has 0 spiro atoms. The summed E-state index contributed by atoms with van der Waals surface area (Å²) >= 11 is 0. The monoisotopic (exact) mass is 340 g/mol. The van der Waals surface area contributed by atoms with Crippen LogP contribution in [0.3, 0.4) is 0 Å². The zero-order valence-corrected chi connectivity index (χ0v) is 14.0. The molecule has 3 rings (SSSR count). The SMILES string of the molecule is Cc1cccc(C(=O)Nc2ccc(N3CCOCC3)c(C(=O)O)c2)c1. The molecule has 0 atom stereocenters. The fourth-order valence-electron chi connectivity index (χ4n) is 2.85. The largest absolute Gasteiger partial charge is 0.478 e. The van der Waals surface area contributed by atoms with Crippen molar-refractivity contribution in [1.82, 2.24) is 0 Å². The molecule has 0 saturated carbocycles. The zero-order valence-electron chi connectivity index (χ0n) is 14.0. The number of hydrogen-bond acceptors (Lipinski definition) is 4. The van der Waals surface area contributed by atoms with Crippen LogP contribution in [0.4, 0.5) is 11.4 Å². The van der Waals surface area contributed by atoms with Gasteiger partial charge in [0.2, 0.25) is 0 Å². The summed E-state index contributed by atoms with van der Waals surface area (Å²) in [5, 5.41) is 12.3. The van der Waals surface area contributed by atoms with E-state index in [1.165, 1.54) is 6.07 Å². The molecular formula is C19H20N2O4. The van der Waals surface area contributed by atoms with Crippen molar-refractivity contribution in [2.24, 2.45) is 0 Å². The molecule has 0 aliphatic carbocycles. The van der Waals surface area contributed by atoms with Gasteiger partial charge in [-0.1, -0.05) is 17.7 Å². The number of anilines is 2. The Morgan fingerprint density at radius 3 is 2.56 bits per heavy atom. The van der Waals surface area contributed by atoms with Crippen LogP contribution in [0.2, 0.25) is 0 Å². The number of amides is 1. The average Bonchev–Trinajstić information content (AvgIpc) is 2.62. The molecule has 130 valence electrons. The molecule has 1 saturated heterocycles. The lowest BCUT2D eigenvalue weighted by Gasteiger charge is -2.30. The van der Waals surface area contributed by atoms with E-state index >= 15 is 0 Å². The Morgan fingerprint density at radius 1 is 1.12 bits per heavy atom. The minimum atomic E-state index is -1.02. The van der Waals surface area contributed by atoms with Gasteiger partial charge in [0.15, 0.2) is 0 Å². The van der Waals surface area contributed by atoms with Gasteiger partial charge in [-0.15, -0.1) is 0 Å². The van der Waals surface area contributed by atoms with E-state index in [0.29, 0.717) is 43.2 Å². The second-order valence-electron chi connectivity index (χ2n) is 5.96. The molecule has 1 heterocycles. The number of nitrogens with zero attached hydrogens (tertiary/aromatic N) is 1. The quantitative estimate of drug-likeness (QED) is 0.895. The molecule has 0 aromatic heterocycles. The number of carbonyl (C=O) groups is 2. The number of carboxylic acid groups (broad SMARTS) is 1. The molecule has 1 fully saturated rings. The van der Waals surface area contributed by atoms with Crippen LogP contribution in [-0.4, -0.2) is 43.3 Å². The molecule has 6 nitrogen and oxygen atoms in total. The Labute approximate surface area is 146 Å². The molecule has 0 radical (unpaired) electrons. The maximum absolute atomic E-state index is 12.3. The van der Waals surface area contributed by atoms with E-state index in [2.05, 4.69) is 5.32 Å². The number of ether oxygens (including phenoxy) is 1. The number of hydrogen-bond donors (Lipinski definition) is 2. The Kier molecular flexibility index (Phi) is 5.00. The van der Waals surface area contributed by atoms with Crippen LogP contribution in [0.15, 0.2) is 42.5 Å². The number of aryl methyl sites for hydroxylation is 1. The first-order valence-corrected chi connectivity index (χ1v) is 8.12. The molecule has 0 bridgehead atoms. The lowest BCUT2D eigenvalue weighted by Crippen LogP contribution is -2.37. The third-order valence-electron chi connectivity index (χ3n) is 4.12. The van der Waals surface area contributed by atoms with Crippen molar-refractivity contribution in [2.45, 2.75) is 6.92 Å². The predicted octanol–water partition coefficient (Wildman–Crippen LogP) is 2.78. The van der Waals surface area contributed by atoms with E-state index in [9.17, 15) is 14.7 Å². The molecule has 2 aromatic rings. The normalized spacial score (nSPS) is 14.2. The van der Waals surface area contributed by atoms with Gasteiger partial charge in [0.05, 0.1) is 24.5 Å². The van der Waals surface area contributed by atoms with Gasteiger partial charge in [-0.3, -0.25) is 4.79 Å². The number of nitrogens with one attached hydrogen (secondary N) is 1. The van der Waals surface area contributed by atoms with E-state index in [4.69, 9.17) is 4.74 Å². The van der Waals surface area contributed by atoms with Gasteiger partial charge in [-0.05, 0) is 37.3 Å². The predicted molar refractivity (Wildman–Crippen MR) is 95.6 cm³/mol. The lowest BCUT2D eigenvalue weighted by molar-refractivity contribution is 0.0696. The topological polar surface area (TPSA) is 78.9 Å². The van der Waals surface area contributed by atoms with E-state index in [0.717, 1.165) is 5.56 Å². The first-order chi connectivity index (χ1) is 12.0. The number of morpholine rings is 1. The summed E-state index contributed by atoms with van der Waals surface area (Å²) < 4.78 is 5.31. The van der Waals surface area contributed by atoms with Crippen LogP contribution in [0.5, 0.6) is 0 Å². The van der Waals surface area contributed by atoms with Gasteiger partial charge < -0.3 is 20.1 Å². The molecule has 1 aliphatic heterocycles. The van der Waals surface area contributed by atoms with Crippen LogP contribution in [-0.2, 0) is 4.74 Å². The number of carbonyl (C=O) groups excluding carboxylic acids is 1. The van der Waals surface area contributed by atoms with Crippen molar-refractivity contribution < 1.29 is 19.4 Å². The van der Waals surface area contributed by atoms with E-state index in [-0.39, 0.29) is 11.5 Å². The first kappa shape index (κ1) is 17.0. The van der Waals surface area contributed by atoms with Crippen molar-refractivity contribution in [1.29, 1.82) is 0 Å². The second kappa shape index (κ2) is 7.36. The van der Waals surface area contributed by atoms with Crippen LogP contribution in [0.1, 0.15) is 26.3 Å². The Balaban J connectivity index is 1.84.